The quantitative estimate of drug-likeness (QED) is 0.354. The third-order valence-electron chi connectivity index (χ3n) is 3.79. The SMILES string of the molecule is Cc1ccc2c(Cl)c(C(=O)Nc3nc4ccc([N+](=O)[O-])cc4s3)sc2c1. The average Bonchev–Trinajstić information content (AvgIpc) is 3.14. The van der Waals surface area contributed by atoms with E-state index in [1.54, 1.807) is 6.07 Å². The molecule has 130 valence electrons. The van der Waals surface area contributed by atoms with Gasteiger partial charge in [-0.3, -0.25) is 20.2 Å². The summed E-state index contributed by atoms with van der Waals surface area (Å²) in [6.45, 7) is 1.98. The van der Waals surface area contributed by atoms with Crippen molar-refractivity contribution < 1.29 is 9.72 Å². The van der Waals surface area contributed by atoms with Crippen molar-refractivity contribution in [2.75, 3.05) is 5.32 Å². The van der Waals surface area contributed by atoms with Crippen molar-refractivity contribution in [1.29, 1.82) is 0 Å². The summed E-state index contributed by atoms with van der Waals surface area (Å²) in [5, 5.41) is 15.2. The highest BCUT2D eigenvalue weighted by atomic mass is 35.5. The van der Waals surface area contributed by atoms with E-state index in [9.17, 15) is 14.9 Å². The Hall–Kier alpha value is -2.55. The zero-order chi connectivity index (χ0) is 18.4. The van der Waals surface area contributed by atoms with E-state index in [0.717, 1.165) is 15.6 Å². The molecule has 0 unspecified atom stereocenters. The van der Waals surface area contributed by atoms with Crippen LogP contribution in [0.4, 0.5) is 10.8 Å². The first kappa shape index (κ1) is 16.9. The Morgan fingerprint density at radius 2 is 2.00 bits per heavy atom. The molecule has 0 aliphatic carbocycles. The zero-order valence-electron chi connectivity index (χ0n) is 13.3. The van der Waals surface area contributed by atoms with Crippen LogP contribution in [0.25, 0.3) is 20.3 Å². The van der Waals surface area contributed by atoms with Crippen LogP contribution in [0.2, 0.25) is 5.02 Å². The van der Waals surface area contributed by atoms with Gasteiger partial charge in [0.2, 0.25) is 0 Å². The van der Waals surface area contributed by atoms with Crippen LogP contribution < -0.4 is 5.32 Å². The molecule has 2 aromatic carbocycles. The molecule has 0 aliphatic rings. The number of halogens is 1. The van der Waals surface area contributed by atoms with E-state index in [4.69, 9.17) is 11.6 Å². The molecule has 0 bridgehead atoms. The van der Waals surface area contributed by atoms with Crippen molar-refractivity contribution in [3.63, 3.8) is 0 Å². The number of aromatic nitrogens is 1. The maximum Gasteiger partial charge on any atom is 0.270 e. The second-order valence-corrected chi connectivity index (χ2v) is 8.09. The number of aryl methyl sites for hydroxylation is 1. The fraction of sp³-hybridized carbons (Fsp3) is 0.0588. The van der Waals surface area contributed by atoms with Crippen molar-refractivity contribution in [1.82, 2.24) is 4.98 Å². The molecule has 6 nitrogen and oxygen atoms in total. The zero-order valence-corrected chi connectivity index (χ0v) is 15.7. The molecule has 4 rings (SSSR count). The minimum atomic E-state index is -0.462. The molecule has 1 N–H and O–H groups in total. The number of thiophene rings is 1. The topological polar surface area (TPSA) is 85.1 Å². The fourth-order valence-electron chi connectivity index (χ4n) is 2.55. The molecule has 1 amide bonds. The van der Waals surface area contributed by atoms with Gasteiger partial charge in [0, 0.05) is 22.2 Å². The third-order valence-corrected chi connectivity index (χ3v) is 6.38. The minimum absolute atomic E-state index is 0.0121. The Kier molecular flexibility index (Phi) is 4.10. The first-order valence-electron chi connectivity index (χ1n) is 7.47. The first-order chi connectivity index (χ1) is 12.4. The number of nitrogens with one attached hydrogen (secondary N) is 1. The van der Waals surface area contributed by atoms with E-state index in [0.29, 0.717) is 25.2 Å². The van der Waals surface area contributed by atoms with Crippen LogP contribution in [0.15, 0.2) is 36.4 Å². The summed E-state index contributed by atoms with van der Waals surface area (Å²) in [5.74, 6) is -0.345. The standard InChI is InChI=1S/C17H10ClN3O3S2/c1-8-2-4-10-12(6-8)25-15(14(10)18)16(22)20-17-19-11-5-3-9(21(23)24)7-13(11)26-17/h2-7H,1H3,(H,19,20,22). The highest BCUT2D eigenvalue weighted by Gasteiger charge is 2.19. The molecular weight excluding hydrogens is 394 g/mol. The van der Waals surface area contributed by atoms with Gasteiger partial charge in [-0.2, -0.15) is 0 Å². The van der Waals surface area contributed by atoms with Crippen molar-refractivity contribution in [2.24, 2.45) is 0 Å². The Morgan fingerprint density at radius 1 is 1.19 bits per heavy atom. The largest absolute Gasteiger partial charge is 0.297 e. The van der Waals surface area contributed by atoms with Crippen LogP contribution in [-0.2, 0) is 0 Å². The van der Waals surface area contributed by atoms with E-state index in [2.05, 4.69) is 10.3 Å². The summed E-state index contributed by atoms with van der Waals surface area (Å²) in [6.07, 6.45) is 0. The molecule has 0 spiro atoms. The molecule has 26 heavy (non-hydrogen) atoms. The Balaban J connectivity index is 1.67. The summed E-state index contributed by atoms with van der Waals surface area (Å²) in [7, 11) is 0. The highest BCUT2D eigenvalue weighted by Crippen LogP contribution is 2.37. The number of fused-ring (bicyclic) bond motifs is 2. The summed E-state index contributed by atoms with van der Waals surface area (Å²) in [5.41, 5.74) is 1.67. The molecule has 4 aromatic rings. The van der Waals surface area contributed by atoms with Crippen LogP contribution >= 0.6 is 34.3 Å². The predicted molar refractivity (Wildman–Crippen MR) is 106 cm³/mol. The number of thiazole rings is 1. The Bertz CT molecular complexity index is 1200. The predicted octanol–water partition coefficient (Wildman–Crippen LogP) is 5.63. The number of benzene rings is 2. The lowest BCUT2D eigenvalue weighted by Crippen LogP contribution is -2.10. The van der Waals surface area contributed by atoms with Gasteiger partial charge in [-0.15, -0.1) is 11.3 Å². The molecule has 0 saturated heterocycles. The summed E-state index contributed by atoms with van der Waals surface area (Å²) < 4.78 is 1.58. The van der Waals surface area contributed by atoms with Gasteiger partial charge in [-0.05, 0) is 24.6 Å². The summed E-state index contributed by atoms with van der Waals surface area (Å²) in [6, 6.07) is 10.2. The van der Waals surface area contributed by atoms with E-state index in [1.807, 2.05) is 25.1 Å². The number of carbonyl (C=O) groups is 1. The van der Waals surface area contributed by atoms with Crippen molar-refractivity contribution in [2.45, 2.75) is 6.92 Å². The number of rotatable bonds is 3. The van der Waals surface area contributed by atoms with Crippen LogP contribution in [0.1, 0.15) is 15.2 Å². The average molecular weight is 404 g/mol. The van der Waals surface area contributed by atoms with Crippen LogP contribution in [-0.4, -0.2) is 15.8 Å². The monoisotopic (exact) mass is 403 g/mol. The number of non-ortho nitro benzene ring substituents is 1. The number of hydrogen-bond acceptors (Lipinski definition) is 6. The van der Waals surface area contributed by atoms with Gasteiger partial charge in [0.05, 0.1) is 20.2 Å². The first-order valence-corrected chi connectivity index (χ1v) is 9.48. The lowest BCUT2D eigenvalue weighted by Gasteiger charge is -1.98. The van der Waals surface area contributed by atoms with Crippen molar-refractivity contribution in [3.8, 4) is 0 Å². The van der Waals surface area contributed by atoms with Crippen molar-refractivity contribution in [3.05, 3.63) is 62.0 Å². The minimum Gasteiger partial charge on any atom is -0.297 e. The normalized spacial score (nSPS) is 11.2. The molecule has 2 aromatic heterocycles. The van der Waals surface area contributed by atoms with Gasteiger partial charge >= 0.3 is 0 Å². The van der Waals surface area contributed by atoms with Crippen molar-refractivity contribution >= 4 is 71.3 Å². The number of hydrogen-bond donors (Lipinski definition) is 1. The summed E-state index contributed by atoms with van der Waals surface area (Å²) >= 11 is 8.87. The molecule has 0 aliphatic heterocycles. The highest BCUT2D eigenvalue weighted by molar-refractivity contribution is 7.23. The Morgan fingerprint density at radius 3 is 2.77 bits per heavy atom. The number of amides is 1. The van der Waals surface area contributed by atoms with Gasteiger partial charge in [0.25, 0.3) is 11.6 Å². The molecular formula is C17H10ClN3O3S2. The molecule has 2 heterocycles. The van der Waals surface area contributed by atoms with Crippen LogP contribution in [0.5, 0.6) is 0 Å². The van der Waals surface area contributed by atoms with Gasteiger partial charge in [0.15, 0.2) is 5.13 Å². The van der Waals surface area contributed by atoms with E-state index < -0.39 is 4.92 Å². The maximum atomic E-state index is 12.6. The van der Waals surface area contributed by atoms with Gasteiger partial charge in [-0.1, -0.05) is 35.1 Å². The number of nitro benzene ring substituents is 1. The second-order valence-electron chi connectivity index (χ2n) is 5.63. The number of nitro groups is 1. The maximum absolute atomic E-state index is 12.6. The molecule has 0 radical (unpaired) electrons. The summed E-state index contributed by atoms with van der Waals surface area (Å²) in [4.78, 5) is 27.7. The smallest absolute Gasteiger partial charge is 0.270 e. The third kappa shape index (κ3) is 2.92. The number of nitrogens with zero attached hydrogens (tertiary/aromatic N) is 2. The molecule has 0 atom stereocenters. The van der Waals surface area contributed by atoms with Crippen LogP contribution in [0, 0.1) is 17.0 Å². The molecule has 0 saturated carbocycles. The van der Waals surface area contributed by atoms with E-state index >= 15 is 0 Å². The van der Waals surface area contributed by atoms with Crippen LogP contribution in [0.3, 0.4) is 0 Å². The lowest BCUT2D eigenvalue weighted by atomic mass is 10.2. The van der Waals surface area contributed by atoms with Gasteiger partial charge < -0.3 is 0 Å². The number of carbonyl (C=O) groups excluding carboxylic acids is 1. The van der Waals surface area contributed by atoms with Gasteiger partial charge in [0.1, 0.15) is 4.88 Å². The Labute approximate surface area is 160 Å². The fourth-order valence-corrected chi connectivity index (χ4v) is 4.96. The molecule has 9 heteroatoms. The second kappa shape index (κ2) is 6.31. The van der Waals surface area contributed by atoms with Gasteiger partial charge in [-0.25, -0.2) is 4.98 Å². The number of anilines is 1. The van der Waals surface area contributed by atoms with E-state index in [1.165, 1.54) is 34.8 Å². The van der Waals surface area contributed by atoms with E-state index in [-0.39, 0.29) is 11.6 Å². The molecule has 0 fully saturated rings. The lowest BCUT2D eigenvalue weighted by molar-refractivity contribution is -0.384.